The van der Waals surface area contributed by atoms with Crippen molar-refractivity contribution in [2.24, 2.45) is 0 Å². The minimum Gasteiger partial charge on any atom is -0.399 e. The molecule has 0 saturated carbocycles. The molecule has 0 spiro atoms. The van der Waals surface area contributed by atoms with E-state index in [0.717, 1.165) is 12.8 Å². The van der Waals surface area contributed by atoms with Crippen molar-refractivity contribution in [1.29, 1.82) is 0 Å². The summed E-state index contributed by atoms with van der Waals surface area (Å²) in [6.07, 6.45) is 1.88. The molecule has 1 atom stereocenters. The summed E-state index contributed by atoms with van der Waals surface area (Å²) in [4.78, 5) is 11.8. The summed E-state index contributed by atoms with van der Waals surface area (Å²) in [6, 6.07) is 6.86. The molecule has 2 amide bonds. The first-order valence-electron chi connectivity index (χ1n) is 6.07. The molecular weight excluding hydrogens is 230 g/mol. The largest absolute Gasteiger partial charge is 0.399 e. The molecule has 0 aliphatic heterocycles. The van der Waals surface area contributed by atoms with Crippen molar-refractivity contribution in [2.45, 2.75) is 25.8 Å². The van der Waals surface area contributed by atoms with Crippen molar-refractivity contribution in [3.05, 3.63) is 24.3 Å². The summed E-state index contributed by atoms with van der Waals surface area (Å²) in [5.74, 6) is 0. The molecule has 5 nitrogen and oxygen atoms in total. The van der Waals surface area contributed by atoms with Gasteiger partial charge in [0.25, 0.3) is 0 Å². The highest BCUT2D eigenvalue weighted by Crippen LogP contribution is 2.11. The third-order valence-electron chi connectivity index (χ3n) is 2.48. The zero-order chi connectivity index (χ0) is 13.4. The average Bonchev–Trinajstić information content (AvgIpc) is 2.29. The summed E-state index contributed by atoms with van der Waals surface area (Å²) in [7, 11) is 1.63. The number of carbonyl (C=O) groups excluding carboxylic acids is 1. The van der Waals surface area contributed by atoms with Crippen LogP contribution in [0.3, 0.4) is 0 Å². The van der Waals surface area contributed by atoms with Crippen LogP contribution in [0.5, 0.6) is 0 Å². The second-order valence-electron chi connectivity index (χ2n) is 4.16. The number of carbonyl (C=O) groups is 1. The van der Waals surface area contributed by atoms with Crippen molar-refractivity contribution in [1.82, 2.24) is 5.32 Å². The van der Waals surface area contributed by atoms with Gasteiger partial charge in [-0.15, -0.1) is 0 Å². The van der Waals surface area contributed by atoms with Crippen molar-refractivity contribution in [2.75, 3.05) is 24.8 Å². The number of amides is 2. The molecule has 1 aromatic carbocycles. The highest BCUT2D eigenvalue weighted by atomic mass is 16.5. The van der Waals surface area contributed by atoms with Crippen LogP contribution in [0.25, 0.3) is 0 Å². The Morgan fingerprint density at radius 2 is 2.28 bits per heavy atom. The van der Waals surface area contributed by atoms with Gasteiger partial charge in [-0.25, -0.2) is 4.79 Å². The van der Waals surface area contributed by atoms with Crippen molar-refractivity contribution >= 4 is 17.4 Å². The van der Waals surface area contributed by atoms with E-state index in [1.165, 1.54) is 0 Å². The van der Waals surface area contributed by atoms with Crippen LogP contribution >= 0.6 is 0 Å². The average molecular weight is 251 g/mol. The van der Waals surface area contributed by atoms with E-state index in [4.69, 9.17) is 10.5 Å². The maximum Gasteiger partial charge on any atom is 0.319 e. The fraction of sp³-hybridized carbons (Fsp3) is 0.462. The molecule has 0 fully saturated rings. The molecule has 1 aromatic rings. The molecule has 0 bridgehead atoms. The van der Waals surface area contributed by atoms with Gasteiger partial charge in [0, 0.05) is 18.5 Å². The third-order valence-corrected chi connectivity index (χ3v) is 2.48. The maximum absolute atomic E-state index is 11.8. The summed E-state index contributed by atoms with van der Waals surface area (Å²) in [5.41, 5.74) is 6.94. The highest BCUT2D eigenvalue weighted by molar-refractivity contribution is 5.89. The van der Waals surface area contributed by atoms with Crippen LogP contribution in [0.1, 0.15) is 19.8 Å². The molecule has 0 aliphatic carbocycles. The van der Waals surface area contributed by atoms with Gasteiger partial charge in [-0.3, -0.25) is 0 Å². The first-order chi connectivity index (χ1) is 8.65. The zero-order valence-corrected chi connectivity index (χ0v) is 10.9. The molecular formula is C13H21N3O2. The Bertz CT molecular complexity index is 376. The summed E-state index contributed by atoms with van der Waals surface area (Å²) >= 11 is 0. The van der Waals surface area contributed by atoms with Gasteiger partial charge in [-0.1, -0.05) is 19.4 Å². The first kappa shape index (κ1) is 14.3. The van der Waals surface area contributed by atoms with Crippen LogP contribution in [-0.4, -0.2) is 25.8 Å². The summed E-state index contributed by atoms with van der Waals surface area (Å²) < 4.78 is 5.06. The van der Waals surface area contributed by atoms with E-state index in [-0.39, 0.29) is 12.1 Å². The van der Waals surface area contributed by atoms with E-state index in [1.807, 2.05) is 0 Å². The summed E-state index contributed by atoms with van der Waals surface area (Å²) in [6.45, 7) is 2.58. The number of hydrogen-bond donors (Lipinski definition) is 3. The fourth-order valence-corrected chi connectivity index (χ4v) is 1.72. The Morgan fingerprint density at radius 1 is 1.50 bits per heavy atom. The smallest absolute Gasteiger partial charge is 0.319 e. The van der Waals surface area contributed by atoms with Crippen LogP contribution < -0.4 is 16.4 Å². The fourth-order valence-electron chi connectivity index (χ4n) is 1.72. The number of nitrogens with two attached hydrogens (primary N) is 1. The maximum atomic E-state index is 11.8. The quantitative estimate of drug-likeness (QED) is 0.678. The number of hydrogen-bond acceptors (Lipinski definition) is 3. The van der Waals surface area contributed by atoms with E-state index in [0.29, 0.717) is 18.0 Å². The molecule has 4 N–H and O–H groups in total. The number of ether oxygens (including phenoxy) is 1. The van der Waals surface area contributed by atoms with Gasteiger partial charge in [0.05, 0.1) is 12.6 Å². The van der Waals surface area contributed by atoms with E-state index in [2.05, 4.69) is 17.6 Å². The third kappa shape index (κ3) is 5.05. The number of nitrogens with one attached hydrogen (secondary N) is 2. The number of urea groups is 1. The van der Waals surface area contributed by atoms with E-state index < -0.39 is 0 Å². The lowest BCUT2D eigenvalue weighted by atomic mass is 10.2. The van der Waals surface area contributed by atoms with Gasteiger partial charge in [-0.2, -0.15) is 0 Å². The summed E-state index contributed by atoms with van der Waals surface area (Å²) in [5, 5.41) is 5.62. The Hall–Kier alpha value is -1.75. The minimum absolute atomic E-state index is 0.0288. The van der Waals surface area contributed by atoms with Gasteiger partial charge in [0.2, 0.25) is 0 Å². The predicted octanol–water partition coefficient (Wildman–Crippen LogP) is 2.21. The highest BCUT2D eigenvalue weighted by Gasteiger charge is 2.11. The standard InChI is InChI=1S/C13H21N3O2/c1-3-5-12(9-18-2)16-13(17)15-11-7-4-6-10(14)8-11/h4,6-8,12H,3,5,9,14H2,1-2H3,(H2,15,16,17). The number of benzene rings is 1. The molecule has 100 valence electrons. The van der Waals surface area contributed by atoms with E-state index in [1.54, 1.807) is 31.4 Å². The Morgan fingerprint density at radius 3 is 2.89 bits per heavy atom. The molecule has 0 radical (unpaired) electrons. The predicted molar refractivity (Wildman–Crippen MR) is 73.6 cm³/mol. The van der Waals surface area contributed by atoms with Crippen LogP contribution in [0.2, 0.25) is 0 Å². The van der Waals surface area contributed by atoms with Crippen LogP contribution in [0.4, 0.5) is 16.2 Å². The SMILES string of the molecule is CCCC(COC)NC(=O)Nc1cccc(N)c1. The lowest BCUT2D eigenvalue weighted by Crippen LogP contribution is -2.40. The molecule has 0 aliphatic rings. The van der Waals surface area contributed by atoms with Crippen LogP contribution in [0, 0.1) is 0 Å². The van der Waals surface area contributed by atoms with Gasteiger partial charge >= 0.3 is 6.03 Å². The first-order valence-corrected chi connectivity index (χ1v) is 6.07. The Labute approximate surface area is 108 Å². The van der Waals surface area contributed by atoms with Gasteiger partial charge < -0.3 is 21.1 Å². The second kappa shape index (κ2) is 7.55. The zero-order valence-electron chi connectivity index (χ0n) is 10.9. The molecule has 5 heteroatoms. The lowest BCUT2D eigenvalue weighted by molar-refractivity contribution is 0.163. The van der Waals surface area contributed by atoms with Gasteiger partial charge in [0.1, 0.15) is 0 Å². The van der Waals surface area contributed by atoms with Crippen LogP contribution in [0.15, 0.2) is 24.3 Å². The van der Waals surface area contributed by atoms with E-state index >= 15 is 0 Å². The van der Waals surface area contributed by atoms with Crippen molar-refractivity contribution < 1.29 is 9.53 Å². The molecule has 18 heavy (non-hydrogen) atoms. The number of methoxy groups -OCH3 is 1. The van der Waals surface area contributed by atoms with E-state index in [9.17, 15) is 4.79 Å². The molecule has 0 saturated heterocycles. The monoisotopic (exact) mass is 251 g/mol. The number of rotatable bonds is 6. The molecule has 0 aromatic heterocycles. The molecule has 1 unspecified atom stereocenters. The normalized spacial score (nSPS) is 11.9. The molecule has 0 heterocycles. The Balaban J connectivity index is 2.49. The Kier molecular flexibility index (Phi) is 6.00. The van der Waals surface area contributed by atoms with Crippen LogP contribution in [-0.2, 0) is 4.74 Å². The minimum atomic E-state index is -0.240. The number of nitrogen functional groups attached to an aromatic ring is 1. The van der Waals surface area contributed by atoms with Crippen molar-refractivity contribution in [3.63, 3.8) is 0 Å². The second-order valence-corrected chi connectivity index (χ2v) is 4.16. The number of anilines is 2. The topological polar surface area (TPSA) is 76.4 Å². The molecule has 1 rings (SSSR count). The van der Waals surface area contributed by atoms with Crippen molar-refractivity contribution in [3.8, 4) is 0 Å². The lowest BCUT2D eigenvalue weighted by Gasteiger charge is -2.17. The van der Waals surface area contributed by atoms with Gasteiger partial charge in [-0.05, 0) is 24.6 Å². The van der Waals surface area contributed by atoms with Gasteiger partial charge in [0.15, 0.2) is 0 Å².